The Hall–Kier alpha value is -5.94. The van der Waals surface area contributed by atoms with E-state index in [9.17, 15) is 45.3 Å². The average Bonchev–Trinajstić information content (AvgIpc) is 3.55. The maximum absolute atomic E-state index is 12.8. The van der Waals surface area contributed by atoms with Crippen molar-refractivity contribution < 1.29 is 29.2 Å². The van der Waals surface area contributed by atoms with Crippen molar-refractivity contribution in [1.82, 2.24) is 14.5 Å². The first kappa shape index (κ1) is 26.1. The molecule has 1 atom stereocenters. The van der Waals surface area contributed by atoms with Crippen LogP contribution in [-0.4, -0.2) is 46.8 Å². The summed E-state index contributed by atoms with van der Waals surface area (Å²) >= 11 is 0. The first-order valence-electron chi connectivity index (χ1n) is 10.9. The molecule has 0 radical (unpaired) electrons. The maximum atomic E-state index is 12.8. The van der Waals surface area contributed by atoms with Crippen molar-refractivity contribution in [3.8, 4) is 5.69 Å². The van der Waals surface area contributed by atoms with Gasteiger partial charge in [-0.2, -0.15) is 0 Å². The van der Waals surface area contributed by atoms with Gasteiger partial charge in [-0.25, -0.2) is 9.78 Å². The average molecular weight is 540 g/mol. The van der Waals surface area contributed by atoms with Crippen molar-refractivity contribution in [2.75, 3.05) is 11.5 Å². The summed E-state index contributed by atoms with van der Waals surface area (Å²) in [6.45, 7) is 1.52. The van der Waals surface area contributed by atoms with Gasteiger partial charge in [0.15, 0.2) is 12.0 Å². The number of nitrogens with zero attached hydrogens (tertiary/aromatic N) is 8. The van der Waals surface area contributed by atoms with E-state index in [1.54, 1.807) is 6.92 Å². The number of non-ortho nitro benzene ring substituents is 2. The second kappa shape index (κ2) is 10.2. The van der Waals surface area contributed by atoms with Crippen molar-refractivity contribution in [3.05, 3.63) is 107 Å². The fraction of sp³-hybridized carbons (Fsp3) is 0.143. The molecule has 3 aromatic rings. The molecule has 0 aliphatic carbocycles. The lowest BCUT2D eigenvalue weighted by Gasteiger charge is -2.30. The predicted octanol–water partition coefficient (Wildman–Crippen LogP) is 3.95. The van der Waals surface area contributed by atoms with Gasteiger partial charge in [0, 0.05) is 36.9 Å². The molecule has 39 heavy (non-hydrogen) atoms. The van der Waals surface area contributed by atoms with Crippen LogP contribution in [0.1, 0.15) is 18.9 Å². The van der Waals surface area contributed by atoms with Gasteiger partial charge in [-0.3, -0.25) is 49.9 Å². The van der Waals surface area contributed by atoms with Crippen molar-refractivity contribution in [1.29, 1.82) is 0 Å². The van der Waals surface area contributed by atoms with Crippen LogP contribution in [0, 0.1) is 40.5 Å². The number of nitro groups is 4. The molecule has 18 nitrogen and oxygen atoms in total. The third-order valence-corrected chi connectivity index (χ3v) is 5.56. The summed E-state index contributed by atoms with van der Waals surface area (Å²) in [6, 6.07) is 5.82. The number of nitro benzene ring substituents is 4. The van der Waals surface area contributed by atoms with Crippen LogP contribution in [0.4, 0.5) is 33.2 Å². The number of carbonyl (C=O) groups excluding carboxylic acids is 1. The summed E-state index contributed by atoms with van der Waals surface area (Å²) in [5.74, 6) is -0.0716. The Morgan fingerprint density at radius 1 is 0.872 bits per heavy atom. The van der Waals surface area contributed by atoms with Gasteiger partial charge >= 0.3 is 6.09 Å². The van der Waals surface area contributed by atoms with Gasteiger partial charge in [0.1, 0.15) is 11.4 Å². The molecule has 0 bridgehead atoms. The van der Waals surface area contributed by atoms with E-state index >= 15 is 0 Å². The molecule has 0 fully saturated rings. The van der Waals surface area contributed by atoms with E-state index in [4.69, 9.17) is 4.74 Å². The van der Waals surface area contributed by atoms with Crippen LogP contribution < -0.4 is 4.90 Å². The number of anilines is 1. The minimum Gasteiger partial charge on any atom is -0.449 e. The normalized spacial score (nSPS) is 14.3. The lowest BCUT2D eigenvalue weighted by Crippen LogP contribution is -2.37. The standard InChI is InChI=1S/C21H16N8O10/c1-2-39-21(30)25-10-9-24(16-6-4-14(27(33)34)12-18(16)29(37)38)20(25)19-22-7-8-23(19)15-5-3-13(26(31)32)11-17(15)28(35)36/h3-12,20H,2H2,1H3/t20-/m0/s1. The first-order valence-corrected chi connectivity index (χ1v) is 10.9. The fourth-order valence-electron chi connectivity index (χ4n) is 3.94. The Morgan fingerprint density at radius 3 is 1.97 bits per heavy atom. The summed E-state index contributed by atoms with van der Waals surface area (Å²) in [5, 5.41) is 46.0. The number of ether oxygens (including phenoxy) is 1. The molecular weight excluding hydrogens is 524 g/mol. The van der Waals surface area contributed by atoms with E-state index in [2.05, 4.69) is 4.98 Å². The molecule has 18 heteroatoms. The van der Waals surface area contributed by atoms with E-state index in [0.29, 0.717) is 0 Å². The highest BCUT2D eigenvalue weighted by atomic mass is 16.6. The highest BCUT2D eigenvalue weighted by molar-refractivity contribution is 5.75. The Morgan fingerprint density at radius 2 is 1.44 bits per heavy atom. The Balaban J connectivity index is 1.91. The lowest BCUT2D eigenvalue weighted by atomic mass is 10.2. The van der Waals surface area contributed by atoms with Gasteiger partial charge in [-0.05, 0) is 19.1 Å². The maximum Gasteiger partial charge on any atom is 0.415 e. The Kier molecular flexibility index (Phi) is 6.84. The number of aromatic nitrogens is 2. The smallest absolute Gasteiger partial charge is 0.415 e. The molecule has 0 saturated carbocycles. The van der Waals surface area contributed by atoms with E-state index in [1.807, 2.05) is 0 Å². The van der Waals surface area contributed by atoms with E-state index < -0.39 is 54.7 Å². The predicted molar refractivity (Wildman–Crippen MR) is 130 cm³/mol. The SMILES string of the molecule is CCOC(=O)N1C=CN(c2ccc([N+](=O)[O-])cc2[N+](=O)[O-])[C@@H]1c1nccn1-c1ccc([N+](=O)[O-])cc1[N+](=O)[O-]. The molecule has 2 aromatic carbocycles. The second-order valence-corrected chi connectivity index (χ2v) is 7.72. The van der Waals surface area contributed by atoms with Crippen LogP contribution in [0.15, 0.2) is 61.2 Å². The molecule has 0 unspecified atom stereocenters. The monoisotopic (exact) mass is 540 g/mol. The van der Waals surface area contributed by atoms with Crippen molar-refractivity contribution in [2.45, 2.75) is 13.1 Å². The van der Waals surface area contributed by atoms with Crippen molar-refractivity contribution in [3.63, 3.8) is 0 Å². The van der Waals surface area contributed by atoms with Crippen molar-refractivity contribution >= 4 is 34.5 Å². The zero-order valence-corrected chi connectivity index (χ0v) is 19.7. The molecule has 200 valence electrons. The lowest BCUT2D eigenvalue weighted by molar-refractivity contribution is -0.394. The zero-order valence-electron chi connectivity index (χ0n) is 19.7. The molecule has 1 aliphatic heterocycles. The minimum absolute atomic E-state index is 0.0319. The highest BCUT2D eigenvalue weighted by Gasteiger charge is 2.40. The van der Waals surface area contributed by atoms with Crippen LogP contribution in [0.5, 0.6) is 0 Å². The summed E-state index contributed by atoms with van der Waals surface area (Å²) in [4.78, 5) is 62.0. The van der Waals surface area contributed by atoms with Crippen LogP contribution in [-0.2, 0) is 4.74 Å². The number of imidazole rings is 1. The molecule has 1 aromatic heterocycles. The Labute approximate surface area is 216 Å². The topological polar surface area (TPSA) is 223 Å². The Bertz CT molecular complexity index is 1550. The number of carbonyl (C=O) groups is 1. The van der Waals surface area contributed by atoms with Crippen molar-refractivity contribution in [2.24, 2.45) is 0 Å². The van der Waals surface area contributed by atoms with E-state index in [-0.39, 0.29) is 23.8 Å². The van der Waals surface area contributed by atoms with Crippen LogP contribution in [0.3, 0.4) is 0 Å². The summed E-state index contributed by atoms with van der Waals surface area (Å²) in [5.41, 5.74) is -2.70. The number of hydrogen-bond donors (Lipinski definition) is 0. The van der Waals surface area contributed by atoms with Gasteiger partial charge in [-0.1, -0.05) is 0 Å². The van der Waals surface area contributed by atoms with Crippen LogP contribution in [0.2, 0.25) is 0 Å². The first-order chi connectivity index (χ1) is 18.5. The molecular formula is C21H16N8O10. The zero-order chi connectivity index (χ0) is 28.4. The quantitative estimate of drug-likeness (QED) is 0.292. The number of hydrogen-bond acceptors (Lipinski definition) is 12. The highest BCUT2D eigenvalue weighted by Crippen LogP contribution is 2.42. The largest absolute Gasteiger partial charge is 0.449 e. The molecule has 0 saturated heterocycles. The number of rotatable bonds is 8. The van der Waals surface area contributed by atoms with Crippen LogP contribution >= 0.6 is 0 Å². The summed E-state index contributed by atoms with van der Waals surface area (Å²) in [7, 11) is 0. The van der Waals surface area contributed by atoms with E-state index in [1.165, 1.54) is 34.3 Å². The molecule has 1 aliphatic rings. The fourth-order valence-corrected chi connectivity index (χ4v) is 3.94. The molecule has 0 spiro atoms. The number of benzene rings is 2. The van der Waals surface area contributed by atoms with Crippen LogP contribution in [0.25, 0.3) is 5.69 Å². The molecule has 1 amide bonds. The third kappa shape index (κ3) is 4.75. The summed E-state index contributed by atoms with van der Waals surface area (Å²) in [6.07, 6.45) is 2.83. The van der Waals surface area contributed by atoms with Gasteiger partial charge in [-0.15, -0.1) is 0 Å². The van der Waals surface area contributed by atoms with Gasteiger partial charge in [0.2, 0.25) is 0 Å². The second-order valence-electron chi connectivity index (χ2n) is 7.72. The van der Waals surface area contributed by atoms with Gasteiger partial charge < -0.3 is 9.64 Å². The minimum atomic E-state index is -1.32. The van der Waals surface area contributed by atoms with E-state index in [0.717, 1.165) is 41.3 Å². The van der Waals surface area contributed by atoms with Gasteiger partial charge in [0.25, 0.3) is 22.7 Å². The third-order valence-electron chi connectivity index (χ3n) is 5.56. The molecule has 4 rings (SSSR count). The van der Waals surface area contributed by atoms with Gasteiger partial charge in [0.05, 0.1) is 38.4 Å². The summed E-state index contributed by atoms with van der Waals surface area (Å²) < 4.78 is 6.27. The molecule has 0 N–H and O–H groups in total. The number of amides is 1. The molecule has 2 heterocycles.